The van der Waals surface area contributed by atoms with E-state index in [1.54, 1.807) is 13.2 Å². The molecular formula is C18H20N4O2. The Morgan fingerprint density at radius 3 is 3.04 bits per heavy atom. The number of allylic oxidation sites excluding steroid dienone is 5. The van der Waals surface area contributed by atoms with Crippen molar-refractivity contribution < 1.29 is 9.53 Å². The highest BCUT2D eigenvalue weighted by molar-refractivity contribution is 6.02. The molecule has 1 amide bonds. The van der Waals surface area contributed by atoms with Crippen molar-refractivity contribution in [3.63, 3.8) is 0 Å². The monoisotopic (exact) mass is 324 g/mol. The van der Waals surface area contributed by atoms with E-state index in [0.717, 1.165) is 28.7 Å². The van der Waals surface area contributed by atoms with E-state index in [4.69, 9.17) is 4.74 Å². The fraction of sp³-hybridized carbons (Fsp3) is 0.278. The van der Waals surface area contributed by atoms with E-state index in [0.29, 0.717) is 18.4 Å². The van der Waals surface area contributed by atoms with E-state index in [1.165, 1.54) is 0 Å². The molecule has 0 atom stereocenters. The molecule has 6 heteroatoms. The highest BCUT2D eigenvalue weighted by atomic mass is 16.5. The van der Waals surface area contributed by atoms with Gasteiger partial charge in [-0.25, -0.2) is 4.68 Å². The lowest BCUT2D eigenvalue weighted by Gasteiger charge is -2.05. The lowest BCUT2D eigenvalue weighted by atomic mass is 10.2. The Morgan fingerprint density at radius 1 is 1.38 bits per heavy atom. The molecule has 2 aliphatic rings. The lowest BCUT2D eigenvalue weighted by Crippen LogP contribution is -2.30. The van der Waals surface area contributed by atoms with Crippen molar-refractivity contribution >= 4 is 18.1 Å². The second kappa shape index (κ2) is 7.12. The average molecular weight is 324 g/mol. The summed E-state index contributed by atoms with van der Waals surface area (Å²) in [6.45, 7) is 2.77. The van der Waals surface area contributed by atoms with E-state index in [2.05, 4.69) is 15.6 Å². The second-order valence-corrected chi connectivity index (χ2v) is 5.44. The number of carbonyl (C=O) groups excluding carboxylic acids is 1. The zero-order valence-corrected chi connectivity index (χ0v) is 13.8. The number of rotatable bonds is 4. The smallest absolute Gasteiger partial charge is 0.255 e. The summed E-state index contributed by atoms with van der Waals surface area (Å²) in [5.74, 6) is 0.693. The first-order valence-electron chi connectivity index (χ1n) is 7.95. The molecule has 124 valence electrons. The molecule has 0 fully saturated rings. The molecule has 1 heterocycles. The molecule has 0 saturated carbocycles. The number of hydrogen-bond acceptors (Lipinski definition) is 4. The van der Waals surface area contributed by atoms with Gasteiger partial charge in [-0.15, -0.1) is 5.10 Å². The molecule has 0 radical (unpaired) electrons. The molecular weight excluding hydrogens is 304 g/mol. The first kappa shape index (κ1) is 16.0. The Kier molecular flexibility index (Phi) is 4.74. The van der Waals surface area contributed by atoms with Crippen molar-refractivity contribution in [3.05, 3.63) is 58.1 Å². The number of amides is 1. The minimum Gasteiger partial charge on any atom is -0.501 e. The number of fused-ring (bicyclic) bond motifs is 1. The highest BCUT2D eigenvalue weighted by Crippen LogP contribution is 2.11. The maximum Gasteiger partial charge on any atom is 0.255 e. The van der Waals surface area contributed by atoms with Crippen LogP contribution in [0.25, 0.3) is 12.2 Å². The van der Waals surface area contributed by atoms with Gasteiger partial charge in [0.05, 0.1) is 18.2 Å². The summed E-state index contributed by atoms with van der Waals surface area (Å²) in [7, 11) is 1.64. The van der Waals surface area contributed by atoms with E-state index in [-0.39, 0.29) is 5.91 Å². The number of methoxy groups -OCH3 is 1. The van der Waals surface area contributed by atoms with Crippen molar-refractivity contribution in [1.82, 2.24) is 20.3 Å². The van der Waals surface area contributed by atoms with Crippen LogP contribution in [0.3, 0.4) is 0 Å². The molecule has 1 aromatic rings. The molecule has 0 unspecified atom stereocenters. The Balaban J connectivity index is 1.82. The minimum absolute atomic E-state index is 0.160. The second-order valence-electron chi connectivity index (χ2n) is 5.44. The largest absolute Gasteiger partial charge is 0.501 e. The van der Waals surface area contributed by atoms with Crippen molar-refractivity contribution in [3.8, 4) is 0 Å². The standard InChI is InChI=1S/C18H20N4O2/c1-3-22-17-9-4-6-13(12-16(17)20-21-22)18(23)19-14-7-5-8-15(24-2)11-10-14/h5-7,9-12H,3-4,8H2,1-2H3,(H,19,23). The molecule has 2 aliphatic carbocycles. The quantitative estimate of drug-likeness (QED) is 0.884. The maximum absolute atomic E-state index is 12.6. The van der Waals surface area contributed by atoms with Gasteiger partial charge in [-0.1, -0.05) is 23.4 Å². The fourth-order valence-electron chi connectivity index (χ4n) is 2.59. The minimum atomic E-state index is -0.160. The Bertz CT molecular complexity index is 885. The zero-order valence-electron chi connectivity index (χ0n) is 13.8. The summed E-state index contributed by atoms with van der Waals surface area (Å²) in [4.78, 5) is 12.6. The van der Waals surface area contributed by atoms with Gasteiger partial charge in [0.2, 0.25) is 0 Å². The first-order valence-corrected chi connectivity index (χ1v) is 7.95. The SMILES string of the molecule is CCn1nnc2c1=CCC=C(C(=O)NC1=CC=C(OC)CC=C1)C=2. The van der Waals surface area contributed by atoms with Gasteiger partial charge < -0.3 is 10.1 Å². The van der Waals surface area contributed by atoms with E-state index in [9.17, 15) is 4.79 Å². The van der Waals surface area contributed by atoms with Crippen LogP contribution in [0, 0.1) is 0 Å². The van der Waals surface area contributed by atoms with Crippen LogP contribution in [0.15, 0.2) is 47.4 Å². The third-order valence-corrected chi connectivity index (χ3v) is 3.89. The van der Waals surface area contributed by atoms with Crippen molar-refractivity contribution in [2.45, 2.75) is 26.3 Å². The normalized spacial score (nSPS) is 16.3. The van der Waals surface area contributed by atoms with Crippen LogP contribution < -0.4 is 16.0 Å². The summed E-state index contributed by atoms with van der Waals surface area (Å²) in [5, 5.41) is 12.9. The van der Waals surface area contributed by atoms with Crippen LogP contribution in [-0.4, -0.2) is 28.0 Å². The van der Waals surface area contributed by atoms with Gasteiger partial charge in [-0.2, -0.15) is 0 Å². The van der Waals surface area contributed by atoms with Gasteiger partial charge in [-0.05, 0) is 37.6 Å². The van der Waals surface area contributed by atoms with Crippen LogP contribution in [0.2, 0.25) is 0 Å². The Morgan fingerprint density at radius 2 is 2.25 bits per heavy atom. The van der Waals surface area contributed by atoms with Crippen LogP contribution in [-0.2, 0) is 16.1 Å². The summed E-state index contributed by atoms with van der Waals surface area (Å²) < 4.78 is 7.05. The predicted octanol–water partition coefficient (Wildman–Crippen LogP) is 0.679. The molecule has 3 rings (SSSR count). The number of nitrogens with zero attached hydrogens (tertiary/aromatic N) is 3. The molecule has 1 N–H and O–H groups in total. The summed E-state index contributed by atoms with van der Waals surface area (Å²) in [5.41, 5.74) is 1.31. The molecule has 1 aromatic heterocycles. The summed E-state index contributed by atoms with van der Waals surface area (Å²) in [6, 6.07) is 0. The molecule has 6 nitrogen and oxygen atoms in total. The van der Waals surface area contributed by atoms with Crippen LogP contribution in [0.5, 0.6) is 0 Å². The van der Waals surface area contributed by atoms with Gasteiger partial charge in [0.15, 0.2) is 0 Å². The first-order chi connectivity index (χ1) is 11.7. The van der Waals surface area contributed by atoms with E-state index in [1.807, 2.05) is 48.1 Å². The van der Waals surface area contributed by atoms with Gasteiger partial charge >= 0.3 is 0 Å². The van der Waals surface area contributed by atoms with Crippen molar-refractivity contribution in [1.29, 1.82) is 0 Å². The number of nitrogens with one attached hydrogen (secondary N) is 1. The van der Waals surface area contributed by atoms with Gasteiger partial charge in [0.1, 0.15) is 5.35 Å². The number of hydrogen-bond donors (Lipinski definition) is 1. The Hall–Kier alpha value is -2.89. The molecule has 0 bridgehead atoms. The number of carbonyl (C=O) groups is 1. The number of aryl methyl sites for hydroxylation is 1. The van der Waals surface area contributed by atoms with Crippen LogP contribution in [0.1, 0.15) is 19.8 Å². The molecule has 0 spiro atoms. The molecule has 0 aliphatic heterocycles. The zero-order chi connectivity index (χ0) is 16.9. The number of ether oxygens (including phenoxy) is 1. The van der Waals surface area contributed by atoms with Crippen molar-refractivity contribution in [2.75, 3.05) is 7.11 Å². The van der Waals surface area contributed by atoms with Crippen LogP contribution in [0.4, 0.5) is 0 Å². The highest BCUT2D eigenvalue weighted by Gasteiger charge is 2.11. The molecule has 0 aromatic carbocycles. The average Bonchev–Trinajstić information content (AvgIpc) is 2.77. The molecule has 24 heavy (non-hydrogen) atoms. The lowest BCUT2D eigenvalue weighted by molar-refractivity contribution is -0.116. The third kappa shape index (κ3) is 3.37. The van der Waals surface area contributed by atoms with Gasteiger partial charge in [-0.3, -0.25) is 4.79 Å². The van der Waals surface area contributed by atoms with Gasteiger partial charge in [0, 0.05) is 24.2 Å². The summed E-state index contributed by atoms with van der Waals surface area (Å²) in [6.07, 6.45) is 14.6. The van der Waals surface area contributed by atoms with Gasteiger partial charge in [0.25, 0.3) is 5.91 Å². The fourth-order valence-corrected chi connectivity index (χ4v) is 2.59. The topological polar surface area (TPSA) is 69.0 Å². The van der Waals surface area contributed by atoms with Crippen LogP contribution >= 0.6 is 0 Å². The number of aromatic nitrogens is 3. The maximum atomic E-state index is 12.6. The predicted molar refractivity (Wildman–Crippen MR) is 91.7 cm³/mol. The third-order valence-electron chi connectivity index (χ3n) is 3.89. The molecule has 0 saturated heterocycles. The van der Waals surface area contributed by atoms with E-state index < -0.39 is 0 Å². The van der Waals surface area contributed by atoms with Crippen molar-refractivity contribution in [2.24, 2.45) is 0 Å². The van der Waals surface area contributed by atoms with E-state index >= 15 is 0 Å². The summed E-state index contributed by atoms with van der Waals surface area (Å²) >= 11 is 0. The Labute approximate surface area is 140 Å².